The molecule has 1 aliphatic rings. The molecule has 1 saturated heterocycles. The first-order valence-corrected chi connectivity index (χ1v) is 11.9. The number of hydrogen-bond donors (Lipinski definition) is 1. The van der Waals surface area contributed by atoms with E-state index in [9.17, 15) is 9.59 Å². The van der Waals surface area contributed by atoms with Crippen LogP contribution in [-0.4, -0.2) is 24.7 Å². The minimum Gasteiger partial charge on any atom is -0.497 e. The fourth-order valence-corrected chi connectivity index (χ4v) is 4.95. The minimum atomic E-state index is -0.201. The number of carbonyl (C=O) groups is 2. The maximum absolute atomic E-state index is 12.7. The van der Waals surface area contributed by atoms with Crippen molar-refractivity contribution in [2.45, 2.75) is 31.6 Å². The Labute approximate surface area is 199 Å². The van der Waals surface area contributed by atoms with Gasteiger partial charge < -0.3 is 10.1 Å². The Kier molecular flexibility index (Phi) is 6.47. The number of amides is 2. The zero-order valence-electron chi connectivity index (χ0n) is 19.3. The lowest BCUT2D eigenvalue weighted by Gasteiger charge is -2.26. The average molecular weight is 461 g/mol. The quantitative estimate of drug-likeness (QED) is 0.506. The van der Waals surface area contributed by atoms with Crippen molar-refractivity contribution < 1.29 is 14.3 Å². The molecule has 0 saturated carbocycles. The zero-order valence-corrected chi connectivity index (χ0v) is 20.1. The standard InChI is InChI=1S/C27H28N2O3S/c1-27(2,3)20-10-14-22(15-11-20)29-24(30)17-33-26(29)18-8-12-21(13-9-18)28-25(31)19-6-5-7-23(16-19)32-4/h5-16,26H,17H2,1-4H3,(H,28,31)/t26-/m0/s1. The lowest BCUT2D eigenvalue weighted by atomic mass is 9.87. The first-order valence-electron chi connectivity index (χ1n) is 10.9. The number of thioether (sulfide) groups is 1. The van der Waals surface area contributed by atoms with E-state index in [0.29, 0.717) is 22.8 Å². The summed E-state index contributed by atoms with van der Waals surface area (Å²) >= 11 is 1.61. The van der Waals surface area contributed by atoms with Gasteiger partial charge in [-0.15, -0.1) is 11.8 Å². The van der Waals surface area contributed by atoms with Gasteiger partial charge in [-0.2, -0.15) is 0 Å². The lowest BCUT2D eigenvalue weighted by molar-refractivity contribution is -0.115. The molecule has 6 heteroatoms. The topological polar surface area (TPSA) is 58.6 Å². The smallest absolute Gasteiger partial charge is 0.255 e. The summed E-state index contributed by atoms with van der Waals surface area (Å²) in [5.41, 5.74) is 4.44. The minimum absolute atomic E-state index is 0.0623. The van der Waals surface area contributed by atoms with Gasteiger partial charge in [0.2, 0.25) is 5.91 Å². The summed E-state index contributed by atoms with van der Waals surface area (Å²) in [7, 11) is 1.57. The molecule has 0 bridgehead atoms. The Morgan fingerprint density at radius 2 is 1.73 bits per heavy atom. The van der Waals surface area contributed by atoms with Gasteiger partial charge in [0.15, 0.2) is 0 Å². The van der Waals surface area contributed by atoms with Crippen LogP contribution in [0.2, 0.25) is 0 Å². The molecule has 1 fully saturated rings. The second-order valence-electron chi connectivity index (χ2n) is 9.03. The van der Waals surface area contributed by atoms with Crippen LogP contribution < -0.4 is 15.0 Å². The van der Waals surface area contributed by atoms with Crippen molar-refractivity contribution >= 4 is 35.0 Å². The molecule has 4 rings (SSSR count). The fraction of sp³-hybridized carbons (Fsp3) is 0.259. The molecule has 2 amide bonds. The largest absolute Gasteiger partial charge is 0.497 e. The van der Waals surface area contributed by atoms with E-state index in [1.807, 2.05) is 41.3 Å². The second-order valence-corrected chi connectivity index (χ2v) is 10.1. The molecule has 0 aromatic heterocycles. The third-order valence-corrected chi connectivity index (χ3v) is 6.88. The van der Waals surface area contributed by atoms with Crippen LogP contribution in [0, 0.1) is 0 Å². The predicted molar refractivity (Wildman–Crippen MR) is 135 cm³/mol. The van der Waals surface area contributed by atoms with Crippen molar-refractivity contribution in [1.29, 1.82) is 0 Å². The Morgan fingerprint density at radius 3 is 2.36 bits per heavy atom. The van der Waals surface area contributed by atoms with Crippen LogP contribution in [-0.2, 0) is 10.2 Å². The molecule has 1 heterocycles. The van der Waals surface area contributed by atoms with E-state index in [4.69, 9.17) is 4.74 Å². The molecular weight excluding hydrogens is 432 g/mol. The number of carbonyl (C=O) groups excluding carboxylic acids is 2. The van der Waals surface area contributed by atoms with Crippen LogP contribution in [0.15, 0.2) is 72.8 Å². The van der Waals surface area contributed by atoms with Crippen molar-refractivity contribution in [2.24, 2.45) is 0 Å². The zero-order chi connectivity index (χ0) is 23.6. The summed E-state index contributed by atoms with van der Waals surface area (Å²) in [6, 6.07) is 23.0. The number of rotatable bonds is 5. The summed E-state index contributed by atoms with van der Waals surface area (Å²) < 4.78 is 5.19. The van der Waals surface area contributed by atoms with Crippen molar-refractivity contribution in [1.82, 2.24) is 0 Å². The second kappa shape index (κ2) is 9.32. The highest BCUT2D eigenvalue weighted by Gasteiger charge is 2.34. The summed E-state index contributed by atoms with van der Waals surface area (Å²) in [5.74, 6) is 0.980. The highest BCUT2D eigenvalue weighted by atomic mass is 32.2. The number of anilines is 2. The van der Waals surface area contributed by atoms with Gasteiger partial charge in [0.05, 0.1) is 12.9 Å². The molecule has 0 aliphatic carbocycles. The van der Waals surface area contributed by atoms with Crippen LogP contribution >= 0.6 is 11.8 Å². The molecule has 3 aromatic carbocycles. The average Bonchev–Trinajstić information content (AvgIpc) is 3.20. The molecule has 33 heavy (non-hydrogen) atoms. The van der Waals surface area contributed by atoms with Gasteiger partial charge in [0.1, 0.15) is 11.1 Å². The van der Waals surface area contributed by atoms with Gasteiger partial charge in [-0.25, -0.2) is 0 Å². The number of hydrogen-bond acceptors (Lipinski definition) is 4. The molecular formula is C27H28N2O3S. The molecule has 0 spiro atoms. The van der Waals surface area contributed by atoms with E-state index >= 15 is 0 Å². The summed E-state index contributed by atoms with van der Waals surface area (Å²) in [5, 5.41) is 2.82. The number of nitrogens with one attached hydrogen (secondary N) is 1. The van der Waals surface area contributed by atoms with Crippen molar-refractivity contribution in [3.8, 4) is 5.75 Å². The lowest BCUT2D eigenvalue weighted by Crippen LogP contribution is -2.28. The maximum Gasteiger partial charge on any atom is 0.255 e. The number of nitrogens with zero attached hydrogens (tertiary/aromatic N) is 1. The van der Waals surface area contributed by atoms with Gasteiger partial charge in [0.25, 0.3) is 5.91 Å². The van der Waals surface area contributed by atoms with Crippen LogP contribution in [0.4, 0.5) is 11.4 Å². The molecule has 5 nitrogen and oxygen atoms in total. The molecule has 1 aliphatic heterocycles. The highest BCUT2D eigenvalue weighted by Crippen LogP contribution is 2.42. The molecule has 1 atom stereocenters. The summed E-state index contributed by atoms with van der Waals surface area (Å²) in [6.45, 7) is 6.53. The normalized spacial score (nSPS) is 16.1. The third kappa shape index (κ3) is 5.06. The molecule has 0 unspecified atom stereocenters. The SMILES string of the molecule is COc1cccc(C(=O)Nc2ccc([C@@H]3SCC(=O)N3c3ccc(C(C)(C)C)cc3)cc2)c1. The Balaban J connectivity index is 1.50. The third-order valence-electron chi connectivity index (χ3n) is 5.67. The van der Waals surface area contributed by atoms with Crippen LogP contribution in [0.25, 0.3) is 0 Å². The van der Waals surface area contributed by atoms with Crippen LogP contribution in [0.3, 0.4) is 0 Å². The highest BCUT2D eigenvalue weighted by molar-refractivity contribution is 8.00. The number of ether oxygens (including phenoxy) is 1. The van der Waals surface area contributed by atoms with Crippen LogP contribution in [0.5, 0.6) is 5.75 Å². The van der Waals surface area contributed by atoms with E-state index in [2.05, 4.69) is 38.2 Å². The summed E-state index contributed by atoms with van der Waals surface area (Å²) in [6.07, 6.45) is 0. The van der Waals surface area contributed by atoms with E-state index < -0.39 is 0 Å². The van der Waals surface area contributed by atoms with Crippen molar-refractivity contribution in [3.63, 3.8) is 0 Å². The Morgan fingerprint density at radius 1 is 1.03 bits per heavy atom. The number of benzene rings is 3. The van der Waals surface area contributed by atoms with Gasteiger partial charge in [-0.05, 0) is 59.0 Å². The van der Waals surface area contributed by atoms with E-state index in [1.165, 1.54) is 5.56 Å². The fourth-order valence-electron chi connectivity index (χ4n) is 3.77. The van der Waals surface area contributed by atoms with Crippen molar-refractivity contribution in [2.75, 3.05) is 23.1 Å². The van der Waals surface area contributed by atoms with Crippen molar-refractivity contribution in [3.05, 3.63) is 89.5 Å². The maximum atomic E-state index is 12.7. The first kappa shape index (κ1) is 22.9. The monoisotopic (exact) mass is 460 g/mol. The van der Waals surface area contributed by atoms with Gasteiger partial charge in [-0.1, -0.05) is 51.1 Å². The molecule has 1 N–H and O–H groups in total. The van der Waals surface area contributed by atoms with Gasteiger partial charge in [0, 0.05) is 16.9 Å². The van der Waals surface area contributed by atoms with E-state index in [1.54, 1.807) is 43.1 Å². The first-order chi connectivity index (χ1) is 15.8. The van der Waals surface area contributed by atoms with Gasteiger partial charge >= 0.3 is 0 Å². The molecule has 3 aromatic rings. The number of methoxy groups -OCH3 is 1. The van der Waals surface area contributed by atoms with Gasteiger partial charge in [-0.3, -0.25) is 14.5 Å². The molecule has 170 valence electrons. The van der Waals surface area contributed by atoms with E-state index in [0.717, 1.165) is 11.3 Å². The predicted octanol–water partition coefficient (Wildman–Crippen LogP) is 6.02. The Bertz CT molecular complexity index is 1150. The van der Waals surface area contributed by atoms with Crippen LogP contribution in [0.1, 0.15) is 47.6 Å². The Hall–Kier alpha value is -3.25. The summed E-state index contributed by atoms with van der Waals surface area (Å²) in [4.78, 5) is 27.1. The molecule has 0 radical (unpaired) electrons. The van der Waals surface area contributed by atoms with E-state index in [-0.39, 0.29) is 22.6 Å².